The summed E-state index contributed by atoms with van der Waals surface area (Å²) < 4.78 is 59.0. The maximum Gasteiger partial charge on any atom is 0.414 e. The number of hydrogen-bond acceptors (Lipinski definition) is 9. The number of aromatic nitrogens is 4. The molecule has 0 aliphatic heterocycles. The molecule has 2 heterocycles. The summed E-state index contributed by atoms with van der Waals surface area (Å²) in [5.74, 6) is 0.416. The molecule has 0 saturated carbocycles. The third-order valence-corrected chi connectivity index (χ3v) is 6.42. The van der Waals surface area contributed by atoms with Crippen LogP contribution in [0.1, 0.15) is 19.7 Å². The molecule has 0 spiro atoms. The summed E-state index contributed by atoms with van der Waals surface area (Å²) in [6.45, 7) is 2.19. The second-order valence-corrected chi connectivity index (χ2v) is 9.85. The van der Waals surface area contributed by atoms with Crippen LogP contribution in [0.15, 0.2) is 34.2 Å². The monoisotopic (exact) mass is 507 g/mol. The zero-order valence-electron chi connectivity index (χ0n) is 17.4. The Bertz CT molecular complexity index is 1180. The molecular formula is C18H21F3N5O5PS. The number of alkyl halides is 3. The minimum Gasteiger partial charge on any atom is -0.507 e. The lowest BCUT2D eigenvalue weighted by Gasteiger charge is -2.21. The van der Waals surface area contributed by atoms with Crippen LogP contribution in [0, 0.1) is 0 Å². The molecule has 15 heteroatoms. The molecule has 180 valence electrons. The van der Waals surface area contributed by atoms with Crippen molar-refractivity contribution in [3.63, 3.8) is 0 Å². The van der Waals surface area contributed by atoms with Gasteiger partial charge in [0.05, 0.1) is 11.0 Å². The maximum absolute atomic E-state index is 12.5. The van der Waals surface area contributed by atoms with Crippen LogP contribution in [0.5, 0.6) is 5.75 Å². The van der Waals surface area contributed by atoms with Crippen molar-refractivity contribution in [3.05, 3.63) is 30.1 Å². The first-order valence-electron chi connectivity index (χ1n) is 9.50. The number of rotatable bonds is 9. The number of benzene rings is 1. The standard InChI is InChI=1S/C18H21F3N5O5PS/c1-9(30-8-32(28,29)31-10(2)18(19,20)21)7-13-23-14-15(24-13)25-17(22)26-16(14)33-12-6-4-3-5-11(12)27/h3-6,9-10,27H,7-8H2,1-2H3,(H,28,29)(H3,22,23,24,25,26). The lowest BCUT2D eigenvalue weighted by Crippen LogP contribution is -2.28. The highest BCUT2D eigenvalue weighted by Gasteiger charge is 2.41. The highest BCUT2D eigenvalue weighted by Crippen LogP contribution is 2.46. The first kappa shape index (κ1) is 25.2. The zero-order chi connectivity index (χ0) is 24.4. The Labute approximate surface area is 190 Å². The Morgan fingerprint density at radius 1 is 1.24 bits per heavy atom. The van der Waals surface area contributed by atoms with E-state index >= 15 is 0 Å². The number of nitrogens with two attached hydrogens (primary N) is 1. The third kappa shape index (κ3) is 6.81. The average molecular weight is 507 g/mol. The maximum atomic E-state index is 12.5. The van der Waals surface area contributed by atoms with Gasteiger partial charge in [-0.05, 0) is 26.0 Å². The molecule has 10 nitrogen and oxygen atoms in total. The van der Waals surface area contributed by atoms with Crippen LogP contribution in [-0.2, 0) is 20.2 Å². The van der Waals surface area contributed by atoms with Gasteiger partial charge in [-0.3, -0.25) is 9.09 Å². The minimum absolute atomic E-state index is 0.0279. The van der Waals surface area contributed by atoms with E-state index in [1.165, 1.54) is 6.07 Å². The topological polar surface area (TPSA) is 156 Å². The van der Waals surface area contributed by atoms with Gasteiger partial charge < -0.3 is 25.5 Å². The number of aromatic hydroxyl groups is 1. The number of aromatic amines is 1. The van der Waals surface area contributed by atoms with E-state index in [2.05, 4.69) is 24.5 Å². The normalized spacial score (nSPS) is 15.9. The summed E-state index contributed by atoms with van der Waals surface area (Å²) in [7, 11) is -4.63. The summed E-state index contributed by atoms with van der Waals surface area (Å²) in [4.78, 5) is 25.8. The number of para-hydroxylation sites is 1. The third-order valence-electron chi connectivity index (χ3n) is 4.24. The van der Waals surface area contributed by atoms with E-state index in [0.717, 1.165) is 11.8 Å². The first-order chi connectivity index (χ1) is 15.3. The molecule has 2 aromatic heterocycles. The molecule has 5 N–H and O–H groups in total. The van der Waals surface area contributed by atoms with Crippen molar-refractivity contribution < 1.29 is 37.0 Å². The van der Waals surface area contributed by atoms with E-state index in [0.29, 0.717) is 28.2 Å². The predicted molar refractivity (Wildman–Crippen MR) is 114 cm³/mol. The largest absolute Gasteiger partial charge is 0.507 e. The van der Waals surface area contributed by atoms with Crippen LogP contribution in [0.4, 0.5) is 19.1 Å². The summed E-state index contributed by atoms with van der Waals surface area (Å²) in [5, 5.41) is 10.4. The summed E-state index contributed by atoms with van der Waals surface area (Å²) in [6, 6.07) is 6.66. The smallest absolute Gasteiger partial charge is 0.414 e. The molecule has 0 amide bonds. The van der Waals surface area contributed by atoms with Crippen molar-refractivity contribution in [2.24, 2.45) is 0 Å². The lowest BCUT2D eigenvalue weighted by atomic mass is 10.3. The fourth-order valence-electron chi connectivity index (χ4n) is 2.64. The number of hydrogen-bond donors (Lipinski definition) is 4. The number of halogens is 3. The molecule has 3 unspecified atom stereocenters. The first-order valence-corrected chi connectivity index (χ1v) is 12.1. The molecule has 3 aromatic rings. The molecule has 0 saturated heterocycles. The number of nitrogens with zero attached hydrogens (tertiary/aromatic N) is 3. The molecule has 0 radical (unpaired) electrons. The molecule has 3 atom stereocenters. The number of anilines is 1. The van der Waals surface area contributed by atoms with Crippen LogP contribution in [0.25, 0.3) is 11.2 Å². The van der Waals surface area contributed by atoms with Crippen molar-refractivity contribution >= 4 is 36.5 Å². The highest BCUT2D eigenvalue weighted by atomic mass is 32.2. The van der Waals surface area contributed by atoms with E-state index in [9.17, 15) is 27.7 Å². The zero-order valence-corrected chi connectivity index (χ0v) is 19.1. The van der Waals surface area contributed by atoms with Gasteiger partial charge in [0.25, 0.3) is 0 Å². The van der Waals surface area contributed by atoms with Gasteiger partial charge in [0.15, 0.2) is 11.8 Å². The van der Waals surface area contributed by atoms with Crippen LogP contribution in [0.3, 0.4) is 0 Å². The predicted octanol–water partition coefficient (Wildman–Crippen LogP) is 3.85. The molecule has 0 bridgehead atoms. The van der Waals surface area contributed by atoms with Gasteiger partial charge in [-0.15, -0.1) is 0 Å². The number of phenols is 1. The van der Waals surface area contributed by atoms with Crippen LogP contribution in [-0.4, -0.2) is 54.7 Å². The van der Waals surface area contributed by atoms with Gasteiger partial charge in [-0.1, -0.05) is 23.9 Å². The van der Waals surface area contributed by atoms with Gasteiger partial charge in [0.2, 0.25) is 5.95 Å². The van der Waals surface area contributed by atoms with Crippen molar-refractivity contribution in [2.45, 2.75) is 48.6 Å². The molecule has 0 aliphatic carbocycles. The van der Waals surface area contributed by atoms with E-state index in [1.807, 2.05) is 0 Å². The van der Waals surface area contributed by atoms with Gasteiger partial charge in [0, 0.05) is 6.42 Å². The number of imidazole rings is 1. The number of nitrogen functional groups attached to an aromatic ring is 1. The number of phenolic OH excluding ortho intramolecular Hbond substituents is 1. The molecule has 0 fully saturated rings. The van der Waals surface area contributed by atoms with Gasteiger partial charge in [0.1, 0.15) is 28.5 Å². The van der Waals surface area contributed by atoms with E-state index < -0.39 is 32.3 Å². The minimum atomic E-state index is -4.77. The lowest BCUT2D eigenvalue weighted by molar-refractivity contribution is -0.191. The number of ether oxygens (including phenoxy) is 1. The van der Waals surface area contributed by atoms with Crippen LogP contribution >= 0.6 is 19.4 Å². The number of fused-ring (bicyclic) bond motifs is 1. The Morgan fingerprint density at radius 2 is 1.94 bits per heavy atom. The van der Waals surface area contributed by atoms with Crippen LogP contribution < -0.4 is 5.73 Å². The van der Waals surface area contributed by atoms with Crippen LogP contribution in [0.2, 0.25) is 0 Å². The van der Waals surface area contributed by atoms with E-state index in [4.69, 9.17) is 10.5 Å². The van der Waals surface area contributed by atoms with Crippen molar-refractivity contribution in [1.82, 2.24) is 19.9 Å². The van der Waals surface area contributed by atoms with Crippen molar-refractivity contribution in [1.29, 1.82) is 0 Å². The van der Waals surface area contributed by atoms with Gasteiger partial charge >= 0.3 is 13.8 Å². The quantitative estimate of drug-likeness (QED) is 0.248. The van der Waals surface area contributed by atoms with Crippen molar-refractivity contribution in [2.75, 3.05) is 12.1 Å². The molecule has 0 aliphatic rings. The molecule has 3 rings (SSSR count). The summed E-state index contributed by atoms with van der Waals surface area (Å²) in [5.41, 5.74) is 6.48. The second kappa shape index (κ2) is 9.85. The number of nitrogens with one attached hydrogen (secondary N) is 1. The summed E-state index contributed by atoms with van der Waals surface area (Å²) >= 11 is 1.15. The van der Waals surface area contributed by atoms with Gasteiger partial charge in [-0.2, -0.15) is 18.2 Å². The Hall–Kier alpha value is -2.38. The van der Waals surface area contributed by atoms with Crippen molar-refractivity contribution in [3.8, 4) is 5.75 Å². The SMILES string of the molecule is CC(Cc1nc2nc(N)nc(Sc3ccccc3O)c2[nH]1)OCP(=O)(O)OC(C)C(F)(F)F. The molecular weight excluding hydrogens is 486 g/mol. The molecule has 33 heavy (non-hydrogen) atoms. The summed E-state index contributed by atoms with van der Waals surface area (Å²) in [6.07, 6.45) is -8.68. The average Bonchev–Trinajstić information content (AvgIpc) is 3.09. The van der Waals surface area contributed by atoms with E-state index in [-0.39, 0.29) is 23.8 Å². The van der Waals surface area contributed by atoms with E-state index in [1.54, 1.807) is 25.1 Å². The molecule has 1 aromatic carbocycles. The fraction of sp³-hybridized carbons (Fsp3) is 0.389. The Kier molecular flexibility index (Phi) is 7.54. The second-order valence-electron chi connectivity index (χ2n) is 7.08. The Balaban J connectivity index is 1.69. The van der Waals surface area contributed by atoms with Gasteiger partial charge in [-0.25, -0.2) is 9.97 Å². The fourth-order valence-corrected chi connectivity index (χ4v) is 4.67. The Morgan fingerprint density at radius 3 is 2.61 bits per heavy atom. The number of H-pyrrole nitrogens is 1. The highest BCUT2D eigenvalue weighted by molar-refractivity contribution is 7.99.